The molecule has 0 aliphatic heterocycles. The molecule has 2 aromatic heterocycles. The lowest BCUT2D eigenvalue weighted by atomic mass is 10.2. The molecule has 1 amide bonds. The quantitative estimate of drug-likeness (QED) is 0.543. The van der Waals surface area contributed by atoms with Crippen LogP contribution in [0.5, 0.6) is 5.75 Å². The van der Waals surface area contributed by atoms with Crippen molar-refractivity contribution in [3.63, 3.8) is 0 Å². The number of ether oxygens (including phenoxy) is 1. The van der Waals surface area contributed by atoms with Crippen molar-refractivity contribution in [1.82, 2.24) is 19.9 Å². The molecule has 0 aliphatic carbocycles. The SMILES string of the molecule is CCCCCOc1ccc(C(=O)NCCn2ccnc2-c2ccccn2)cc1. The molecule has 0 atom stereocenters. The molecule has 1 N–H and O–H groups in total. The molecule has 0 unspecified atom stereocenters. The monoisotopic (exact) mass is 378 g/mol. The summed E-state index contributed by atoms with van der Waals surface area (Å²) in [5.74, 6) is 1.49. The summed E-state index contributed by atoms with van der Waals surface area (Å²) < 4.78 is 7.66. The minimum absolute atomic E-state index is 0.1000. The normalized spacial score (nSPS) is 10.6. The molecule has 3 aromatic rings. The van der Waals surface area contributed by atoms with Gasteiger partial charge in [-0.1, -0.05) is 25.8 Å². The van der Waals surface area contributed by atoms with Crippen LogP contribution in [0, 0.1) is 0 Å². The second-order valence-corrected chi connectivity index (χ2v) is 6.50. The number of benzene rings is 1. The molecular weight excluding hydrogens is 352 g/mol. The zero-order valence-corrected chi connectivity index (χ0v) is 16.2. The summed E-state index contributed by atoms with van der Waals surface area (Å²) in [6, 6.07) is 13.0. The molecule has 0 fully saturated rings. The fourth-order valence-corrected chi connectivity index (χ4v) is 2.85. The molecule has 6 heteroatoms. The molecule has 0 radical (unpaired) electrons. The minimum Gasteiger partial charge on any atom is -0.494 e. The van der Waals surface area contributed by atoms with E-state index in [-0.39, 0.29) is 5.91 Å². The van der Waals surface area contributed by atoms with E-state index in [4.69, 9.17) is 4.74 Å². The van der Waals surface area contributed by atoms with E-state index in [0.717, 1.165) is 23.7 Å². The van der Waals surface area contributed by atoms with Crippen LogP contribution in [0.25, 0.3) is 11.5 Å². The Kier molecular flexibility index (Phi) is 7.18. The topological polar surface area (TPSA) is 69.0 Å². The molecule has 0 saturated carbocycles. The predicted octanol–water partition coefficient (Wildman–Crippen LogP) is 3.94. The van der Waals surface area contributed by atoms with Gasteiger partial charge in [-0.15, -0.1) is 0 Å². The van der Waals surface area contributed by atoms with Crippen LogP contribution in [0.4, 0.5) is 0 Å². The van der Waals surface area contributed by atoms with E-state index >= 15 is 0 Å². The molecule has 28 heavy (non-hydrogen) atoms. The summed E-state index contributed by atoms with van der Waals surface area (Å²) in [6.07, 6.45) is 8.76. The number of rotatable bonds is 10. The fourth-order valence-electron chi connectivity index (χ4n) is 2.85. The Morgan fingerprint density at radius 2 is 1.93 bits per heavy atom. The lowest BCUT2D eigenvalue weighted by molar-refractivity contribution is 0.0952. The molecule has 0 spiro atoms. The van der Waals surface area contributed by atoms with E-state index < -0.39 is 0 Å². The summed E-state index contributed by atoms with van der Waals surface area (Å²) in [5.41, 5.74) is 1.44. The van der Waals surface area contributed by atoms with Crippen molar-refractivity contribution >= 4 is 5.91 Å². The molecule has 0 saturated heterocycles. The summed E-state index contributed by atoms with van der Waals surface area (Å²) in [5, 5.41) is 2.95. The van der Waals surface area contributed by atoms with Crippen LogP contribution in [0.1, 0.15) is 36.5 Å². The fraction of sp³-hybridized carbons (Fsp3) is 0.318. The lowest BCUT2D eigenvalue weighted by Gasteiger charge is -2.10. The van der Waals surface area contributed by atoms with Crippen LogP contribution in [0.3, 0.4) is 0 Å². The van der Waals surface area contributed by atoms with Gasteiger partial charge in [0.2, 0.25) is 0 Å². The zero-order valence-electron chi connectivity index (χ0n) is 16.2. The number of hydrogen-bond donors (Lipinski definition) is 1. The van der Waals surface area contributed by atoms with E-state index in [2.05, 4.69) is 22.2 Å². The highest BCUT2D eigenvalue weighted by molar-refractivity contribution is 5.94. The maximum atomic E-state index is 12.3. The first-order valence-electron chi connectivity index (χ1n) is 9.71. The average molecular weight is 378 g/mol. The summed E-state index contributed by atoms with van der Waals surface area (Å²) in [7, 11) is 0. The molecule has 146 valence electrons. The van der Waals surface area contributed by atoms with Crippen LogP contribution >= 0.6 is 0 Å². The second-order valence-electron chi connectivity index (χ2n) is 6.50. The number of unbranched alkanes of at least 4 members (excludes halogenated alkanes) is 2. The number of aromatic nitrogens is 3. The largest absolute Gasteiger partial charge is 0.494 e. The zero-order chi connectivity index (χ0) is 19.6. The van der Waals surface area contributed by atoms with Gasteiger partial charge in [0.05, 0.1) is 6.61 Å². The number of imidazole rings is 1. The third-order valence-corrected chi connectivity index (χ3v) is 4.38. The number of carbonyl (C=O) groups is 1. The highest BCUT2D eigenvalue weighted by Gasteiger charge is 2.08. The highest BCUT2D eigenvalue weighted by atomic mass is 16.5. The van der Waals surface area contributed by atoms with Gasteiger partial charge < -0.3 is 14.6 Å². The Morgan fingerprint density at radius 3 is 2.68 bits per heavy atom. The summed E-state index contributed by atoms with van der Waals surface area (Å²) >= 11 is 0. The number of nitrogens with zero attached hydrogens (tertiary/aromatic N) is 3. The number of amides is 1. The van der Waals surface area contributed by atoms with Crippen molar-refractivity contribution in [2.75, 3.05) is 13.2 Å². The van der Waals surface area contributed by atoms with Crippen LogP contribution in [-0.2, 0) is 6.54 Å². The van der Waals surface area contributed by atoms with Gasteiger partial charge in [0.25, 0.3) is 5.91 Å². The summed E-state index contributed by atoms with van der Waals surface area (Å²) in [6.45, 7) is 4.00. The first-order valence-corrected chi connectivity index (χ1v) is 9.71. The second kappa shape index (κ2) is 10.3. The van der Waals surface area contributed by atoms with Gasteiger partial charge in [-0.2, -0.15) is 0 Å². The number of pyridine rings is 1. The maximum absolute atomic E-state index is 12.3. The van der Waals surface area contributed by atoms with Gasteiger partial charge in [-0.25, -0.2) is 4.98 Å². The van der Waals surface area contributed by atoms with Gasteiger partial charge in [0.1, 0.15) is 11.4 Å². The Labute approximate surface area is 165 Å². The van der Waals surface area contributed by atoms with Crippen LogP contribution in [0.2, 0.25) is 0 Å². The predicted molar refractivity (Wildman–Crippen MR) is 109 cm³/mol. The van der Waals surface area contributed by atoms with E-state index in [1.807, 2.05) is 41.1 Å². The van der Waals surface area contributed by atoms with Gasteiger partial charge in [0, 0.05) is 37.2 Å². The summed E-state index contributed by atoms with van der Waals surface area (Å²) in [4.78, 5) is 21.0. The van der Waals surface area contributed by atoms with Crippen molar-refractivity contribution in [3.05, 3.63) is 66.6 Å². The van der Waals surface area contributed by atoms with E-state index in [1.54, 1.807) is 24.5 Å². The smallest absolute Gasteiger partial charge is 0.251 e. The van der Waals surface area contributed by atoms with Crippen molar-refractivity contribution in [2.45, 2.75) is 32.7 Å². The van der Waals surface area contributed by atoms with E-state index in [1.165, 1.54) is 12.8 Å². The number of nitrogens with one attached hydrogen (secondary N) is 1. The first-order chi connectivity index (χ1) is 13.8. The molecule has 0 aliphatic rings. The lowest BCUT2D eigenvalue weighted by Crippen LogP contribution is -2.27. The van der Waals surface area contributed by atoms with Gasteiger partial charge in [-0.3, -0.25) is 9.78 Å². The van der Waals surface area contributed by atoms with Gasteiger partial charge in [-0.05, 0) is 42.8 Å². The van der Waals surface area contributed by atoms with E-state index in [9.17, 15) is 4.79 Å². The third kappa shape index (κ3) is 5.42. The Balaban J connectivity index is 1.48. The highest BCUT2D eigenvalue weighted by Crippen LogP contribution is 2.14. The number of hydrogen-bond acceptors (Lipinski definition) is 4. The maximum Gasteiger partial charge on any atom is 0.251 e. The van der Waals surface area contributed by atoms with Crippen LogP contribution in [-0.4, -0.2) is 33.6 Å². The number of carbonyl (C=O) groups excluding carboxylic acids is 1. The Hall–Kier alpha value is -3.15. The average Bonchev–Trinajstić information content (AvgIpc) is 3.21. The Bertz CT molecular complexity index is 860. The standard InChI is InChI=1S/C22H26N4O2/c1-2-3-6-17-28-19-10-8-18(9-11-19)22(27)25-14-16-26-15-13-24-21(26)20-7-4-5-12-23-20/h4-5,7-13,15H,2-3,6,14,16-17H2,1H3,(H,25,27). The van der Waals surface area contributed by atoms with Crippen molar-refractivity contribution in [1.29, 1.82) is 0 Å². The molecule has 0 bridgehead atoms. The molecule has 2 heterocycles. The van der Waals surface area contributed by atoms with Gasteiger partial charge >= 0.3 is 0 Å². The molecular formula is C22H26N4O2. The minimum atomic E-state index is -0.1000. The molecule has 1 aromatic carbocycles. The first kappa shape index (κ1) is 19.6. The van der Waals surface area contributed by atoms with Crippen LogP contribution < -0.4 is 10.1 Å². The Morgan fingerprint density at radius 1 is 1.07 bits per heavy atom. The van der Waals surface area contributed by atoms with Crippen molar-refractivity contribution < 1.29 is 9.53 Å². The molecule has 3 rings (SSSR count). The van der Waals surface area contributed by atoms with E-state index in [0.29, 0.717) is 25.3 Å². The van der Waals surface area contributed by atoms with Crippen LogP contribution in [0.15, 0.2) is 61.1 Å². The third-order valence-electron chi connectivity index (χ3n) is 4.38. The van der Waals surface area contributed by atoms with Gasteiger partial charge in [0.15, 0.2) is 5.82 Å². The van der Waals surface area contributed by atoms with Crippen molar-refractivity contribution in [3.8, 4) is 17.3 Å². The van der Waals surface area contributed by atoms with Crippen molar-refractivity contribution in [2.24, 2.45) is 0 Å². The molecule has 6 nitrogen and oxygen atoms in total.